The summed E-state index contributed by atoms with van der Waals surface area (Å²) in [4.78, 5) is 36.9. The van der Waals surface area contributed by atoms with Crippen molar-refractivity contribution in [3.05, 3.63) is 88.1 Å². The van der Waals surface area contributed by atoms with Crippen LogP contribution in [0.2, 0.25) is 0 Å². The van der Waals surface area contributed by atoms with E-state index in [1.807, 2.05) is 47.8 Å². The molecule has 3 aromatic rings. The van der Waals surface area contributed by atoms with Crippen molar-refractivity contribution in [3.63, 3.8) is 0 Å². The second-order valence-corrected chi connectivity index (χ2v) is 7.54. The van der Waals surface area contributed by atoms with Gasteiger partial charge in [-0.05, 0) is 41.6 Å². The summed E-state index contributed by atoms with van der Waals surface area (Å²) in [6.45, 7) is 0.199. The molecule has 0 radical (unpaired) electrons. The van der Waals surface area contributed by atoms with Crippen LogP contribution >= 0.6 is 11.3 Å². The number of urea groups is 1. The number of nitrogens with one attached hydrogen (secondary N) is 2. The van der Waals surface area contributed by atoms with Crippen LogP contribution < -0.4 is 15.4 Å². The van der Waals surface area contributed by atoms with Gasteiger partial charge in [-0.1, -0.05) is 42.5 Å². The summed E-state index contributed by atoms with van der Waals surface area (Å²) in [7, 11) is 0. The van der Waals surface area contributed by atoms with Gasteiger partial charge in [-0.2, -0.15) is 0 Å². The molecule has 8 heteroatoms. The smallest absolute Gasteiger partial charge is 0.338 e. The minimum absolute atomic E-state index is 0.249. The lowest BCUT2D eigenvalue weighted by Crippen LogP contribution is -2.42. The summed E-state index contributed by atoms with van der Waals surface area (Å²) in [5.74, 6) is -0.884. The first-order valence-corrected chi connectivity index (χ1v) is 10.5. The summed E-state index contributed by atoms with van der Waals surface area (Å²) >= 11 is 1.60. The third kappa shape index (κ3) is 7.60. The standard InChI is InChI=1S/C23H22N2O5S/c26-21(25-23(28)24-12-11-20-10-5-13-31-20)16-30-22(27)18-8-4-9-19(14-18)29-15-17-6-2-1-3-7-17/h1-10,13-14H,11-12,15-16H2,(H2,24,25,26,28). The van der Waals surface area contributed by atoms with Crippen molar-refractivity contribution in [3.8, 4) is 5.75 Å². The topological polar surface area (TPSA) is 93.7 Å². The molecule has 1 heterocycles. The Bertz CT molecular complexity index is 1010. The molecule has 0 aliphatic rings. The van der Waals surface area contributed by atoms with Gasteiger partial charge in [0.2, 0.25) is 0 Å². The molecule has 0 aliphatic carbocycles. The van der Waals surface area contributed by atoms with E-state index in [0.717, 1.165) is 10.4 Å². The lowest BCUT2D eigenvalue weighted by Gasteiger charge is -2.09. The number of rotatable bonds is 9. The maximum Gasteiger partial charge on any atom is 0.338 e. The third-order valence-electron chi connectivity index (χ3n) is 4.14. The summed E-state index contributed by atoms with van der Waals surface area (Å²) < 4.78 is 10.7. The molecular formula is C23H22N2O5S. The number of thiophene rings is 1. The Kier molecular flexibility index (Phi) is 8.19. The molecule has 0 saturated carbocycles. The Morgan fingerprint density at radius 3 is 2.55 bits per heavy atom. The summed E-state index contributed by atoms with van der Waals surface area (Å²) in [6.07, 6.45) is 0.678. The Hall–Kier alpha value is -3.65. The van der Waals surface area contributed by atoms with Gasteiger partial charge in [-0.3, -0.25) is 10.1 Å². The lowest BCUT2D eigenvalue weighted by atomic mass is 10.2. The van der Waals surface area contributed by atoms with Gasteiger partial charge in [0.05, 0.1) is 5.56 Å². The Labute approximate surface area is 184 Å². The molecule has 7 nitrogen and oxygen atoms in total. The summed E-state index contributed by atoms with van der Waals surface area (Å²) in [5.41, 5.74) is 1.25. The van der Waals surface area contributed by atoms with Crippen molar-refractivity contribution >= 4 is 29.2 Å². The second-order valence-electron chi connectivity index (χ2n) is 6.51. The molecule has 0 unspecified atom stereocenters. The molecule has 160 valence electrons. The second kappa shape index (κ2) is 11.5. The average Bonchev–Trinajstić information content (AvgIpc) is 3.30. The van der Waals surface area contributed by atoms with Crippen molar-refractivity contribution in [1.82, 2.24) is 10.6 Å². The van der Waals surface area contributed by atoms with Gasteiger partial charge in [0.25, 0.3) is 5.91 Å². The van der Waals surface area contributed by atoms with E-state index >= 15 is 0 Å². The highest BCUT2D eigenvalue weighted by molar-refractivity contribution is 7.09. The van der Waals surface area contributed by atoms with Crippen LogP contribution in [-0.2, 0) is 22.6 Å². The molecule has 0 aliphatic heterocycles. The van der Waals surface area contributed by atoms with Crippen LogP contribution in [-0.4, -0.2) is 31.1 Å². The van der Waals surface area contributed by atoms with E-state index in [2.05, 4.69) is 10.6 Å². The molecule has 0 bridgehead atoms. The molecular weight excluding hydrogens is 416 g/mol. The Balaban J connectivity index is 1.39. The number of hydrogen-bond donors (Lipinski definition) is 2. The zero-order valence-electron chi connectivity index (χ0n) is 16.7. The SMILES string of the molecule is O=C(COC(=O)c1cccc(OCc2ccccc2)c1)NC(=O)NCCc1cccs1. The number of carbonyl (C=O) groups excluding carboxylic acids is 3. The van der Waals surface area contributed by atoms with E-state index in [1.165, 1.54) is 0 Å². The maximum absolute atomic E-state index is 12.2. The van der Waals surface area contributed by atoms with Gasteiger partial charge in [-0.15, -0.1) is 11.3 Å². The molecule has 0 saturated heterocycles. The largest absolute Gasteiger partial charge is 0.489 e. The van der Waals surface area contributed by atoms with Crippen molar-refractivity contribution < 1.29 is 23.9 Å². The van der Waals surface area contributed by atoms with E-state index in [0.29, 0.717) is 25.3 Å². The number of ether oxygens (including phenoxy) is 2. The fraction of sp³-hybridized carbons (Fsp3) is 0.174. The zero-order valence-corrected chi connectivity index (χ0v) is 17.5. The first-order valence-electron chi connectivity index (χ1n) is 9.64. The molecule has 0 spiro atoms. The van der Waals surface area contributed by atoms with E-state index in [1.54, 1.807) is 35.6 Å². The van der Waals surface area contributed by atoms with Crippen molar-refractivity contribution in [2.75, 3.05) is 13.2 Å². The molecule has 31 heavy (non-hydrogen) atoms. The lowest BCUT2D eigenvalue weighted by molar-refractivity contribution is -0.123. The molecule has 3 amide bonds. The van der Waals surface area contributed by atoms with Crippen LogP contribution in [0.5, 0.6) is 5.75 Å². The van der Waals surface area contributed by atoms with E-state index < -0.39 is 24.5 Å². The number of imide groups is 1. The Morgan fingerprint density at radius 1 is 0.935 bits per heavy atom. The predicted molar refractivity (Wildman–Crippen MR) is 117 cm³/mol. The van der Waals surface area contributed by atoms with Crippen LogP contribution in [0.25, 0.3) is 0 Å². The van der Waals surface area contributed by atoms with Crippen molar-refractivity contribution in [2.24, 2.45) is 0 Å². The normalized spacial score (nSPS) is 10.2. The van der Waals surface area contributed by atoms with Crippen LogP contribution in [0.4, 0.5) is 4.79 Å². The molecule has 0 atom stereocenters. The minimum atomic E-state index is -0.710. The van der Waals surface area contributed by atoms with Crippen LogP contribution in [0, 0.1) is 0 Å². The number of hydrogen-bond acceptors (Lipinski definition) is 6. The highest BCUT2D eigenvalue weighted by Gasteiger charge is 2.13. The van der Waals surface area contributed by atoms with E-state index in [-0.39, 0.29) is 5.56 Å². The Morgan fingerprint density at radius 2 is 1.77 bits per heavy atom. The van der Waals surface area contributed by atoms with E-state index in [4.69, 9.17) is 9.47 Å². The highest BCUT2D eigenvalue weighted by Crippen LogP contribution is 2.16. The maximum atomic E-state index is 12.2. The summed E-state index contributed by atoms with van der Waals surface area (Å²) in [6, 6.07) is 19.4. The van der Waals surface area contributed by atoms with Crippen LogP contribution in [0.3, 0.4) is 0 Å². The van der Waals surface area contributed by atoms with Gasteiger partial charge in [-0.25, -0.2) is 9.59 Å². The minimum Gasteiger partial charge on any atom is -0.489 e. The van der Waals surface area contributed by atoms with Gasteiger partial charge in [0.15, 0.2) is 6.61 Å². The number of benzene rings is 2. The molecule has 3 rings (SSSR count). The average molecular weight is 439 g/mol. The predicted octanol–water partition coefficient (Wildman–Crippen LogP) is 3.55. The fourth-order valence-electron chi connectivity index (χ4n) is 2.63. The molecule has 2 N–H and O–H groups in total. The van der Waals surface area contributed by atoms with Gasteiger partial charge in [0.1, 0.15) is 12.4 Å². The summed E-state index contributed by atoms with van der Waals surface area (Å²) in [5, 5.41) is 6.67. The monoisotopic (exact) mass is 438 g/mol. The van der Waals surface area contributed by atoms with Gasteiger partial charge < -0.3 is 14.8 Å². The van der Waals surface area contributed by atoms with Crippen molar-refractivity contribution in [2.45, 2.75) is 13.0 Å². The molecule has 1 aromatic heterocycles. The first-order chi connectivity index (χ1) is 15.1. The molecule has 0 fully saturated rings. The van der Waals surface area contributed by atoms with Gasteiger partial charge in [0, 0.05) is 11.4 Å². The highest BCUT2D eigenvalue weighted by atomic mass is 32.1. The third-order valence-corrected chi connectivity index (χ3v) is 5.08. The van der Waals surface area contributed by atoms with E-state index in [9.17, 15) is 14.4 Å². The van der Waals surface area contributed by atoms with Crippen LogP contribution in [0.1, 0.15) is 20.8 Å². The quantitative estimate of drug-likeness (QED) is 0.499. The zero-order chi connectivity index (χ0) is 21.9. The molecule has 2 aromatic carbocycles. The van der Waals surface area contributed by atoms with Gasteiger partial charge >= 0.3 is 12.0 Å². The van der Waals surface area contributed by atoms with Crippen LogP contribution in [0.15, 0.2) is 72.1 Å². The number of amides is 3. The van der Waals surface area contributed by atoms with Crippen molar-refractivity contribution in [1.29, 1.82) is 0 Å². The number of esters is 1. The number of carbonyl (C=O) groups is 3. The fourth-order valence-corrected chi connectivity index (χ4v) is 3.34. The first kappa shape index (κ1) is 22.0.